The molecule has 0 amide bonds. The summed E-state index contributed by atoms with van der Waals surface area (Å²) in [6.07, 6.45) is 2.46. The molecule has 0 radical (unpaired) electrons. The van der Waals surface area contributed by atoms with E-state index in [4.69, 9.17) is 16.3 Å². The Labute approximate surface area is 191 Å². The fourth-order valence-corrected chi connectivity index (χ4v) is 3.46. The molecule has 0 saturated carbocycles. The van der Waals surface area contributed by atoms with E-state index in [0.29, 0.717) is 23.6 Å². The quantitative estimate of drug-likeness (QED) is 0.235. The highest BCUT2D eigenvalue weighted by molar-refractivity contribution is 9.10. The predicted octanol–water partition coefficient (Wildman–Crippen LogP) is 7.71. The van der Waals surface area contributed by atoms with E-state index in [-0.39, 0.29) is 11.8 Å². The number of ether oxygens (including phenoxy) is 1. The molecule has 0 aliphatic rings. The molecule has 0 aliphatic heterocycles. The van der Waals surface area contributed by atoms with Gasteiger partial charge in [-0.3, -0.25) is 4.79 Å². The molecule has 3 nitrogen and oxygen atoms in total. The molecular weight excluding hydrogens is 462 g/mol. The molecule has 1 N–H and O–H groups in total. The van der Waals surface area contributed by atoms with Gasteiger partial charge in [0, 0.05) is 27.2 Å². The van der Waals surface area contributed by atoms with Crippen LogP contribution in [-0.2, 0) is 0 Å². The van der Waals surface area contributed by atoms with Crippen LogP contribution in [-0.4, -0.2) is 12.4 Å². The molecule has 0 spiro atoms. The number of Topliss-reactive ketones (excluding diaryl/α,β-unsaturated/α-hetero) is 1. The van der Waals surface area contributed by atoms with E-state index in [2.05, 4.69) is 28.2 Å². The molecule has 0 unspecified atom stereocenters. The van der Waals surface area contributed by atoms with Gasteiger partial charge < -0.3 is 10.1 Å². The lowest BCUT2D eigenvalue weighted by Crippen LogP contribution is -2.16. The summed E-state index contributed by atoms with van der Waals surface area (Å²) < 4.78 is 6.78. The Balaban J connectivity index is 1.78. The molecular formula is C25H25BrClNO2. The average Bonchev–Trinajstić information content (AvgIpc) is 2.76. The third-order valence-electron chi connectivity index (χ3n) is 4.79. The van der Waals surface area contributed by atoms with Crippen LogP contribution in [0, 0.1) is 0 Å². The molecule has 156 valence electrons. The van der Waals surface area contributed by atoms with E-state index in [1.807, 2.05) is 48.5 Å². The van der Waals surface area contributed by atoms with Crippen molar-refractivity contribution in [3.05, 3.63) is 93.4 Å². The fraction of sp³-hybridized carbons (Fsp3) is 0.240. The van der Waals surface area contributed by atoms with Crippen LogP contribution < -0.4 is 10.1 Å². The summed E-state index contributed by atoms with van der Waals surface area (Å²) in [6.45, 7) is 2.86. The number of rotatable bonds is 10. The molecule has 0 bridgehead atoms. The topological polar surface area (TPSA) is 38.3 Å². The molecule has 30 heavy (non-hydrogen) atoms. The summed E-state index contributed by atoms with van der Waals surface area (Å²) >= 11 is 9.42. The van der Waals surface area contributed by atoms with Crippen LogP contribution >= 0.6 is 27.5 Å². The molecule has 0 aliphatic carbocycles. The van der Waals surface area contributed by atoms with Gasteiger partial charge in [-0.05, 0) is 72.6 Å². The highest BCUT2D eigenvalue weighted by Gasteiger charge is 2.18. The van der Waals surface area contributed by atoms with Crippen molar-refractivity contribution in [3.63, 3.8) is 0 Å². The summed E-state index contributed by atoms with van der Waals surface area (Å²) in [4.78, 5) is 12.9. The van der Waals surface area contributed by atoms with E-state index in [1.165, 1.54) is 0 Å². The van der Waals surface area contributed by atoms with Crippen molar-refractivity contribution in [1.82, 2.24) is 0 Å². The smallest absolute Gasteiger partial charge is 0.165 e. The number of halogens is 2. The van der Waals surface area contributed by atoms with Crippen LogP contribution in [0.25, 0.3) is 0 Å². The Morgan fingerprint density at radius 3 is 2.30 bits per heavy atom. The van der Waals surface area contributed by atoms with Gasteiger partial charge in [0.05, 0.1) is 12.6 Å². The minimum absolute atomic E-state index is 0.0598. The van der Waals surface area contributed by atoms with E-state index in [0.717, 1.165) is 34.3 Å². The second kappa shape index (κ2) is 11.2. The maximum Gasteiger partial charge on any atom is 0.165 e. The van der Waals surface area contributed by atoms with Crippen LogP contribution in [0.1, 0.15) is 48.1 Å². The lowest BCUT2D eigenvalue weighted by molar-refractivity contribution is 0.0976. The summed E-state index contributed by atoms with van der Waals surface area (Å²) in [6, 6.07) is 22.8. The summed E-state index contributed by atoms with van der Waals surface area (Å²) in [5, 5.41) is 4.12. The maximum atomic E-state index is 12.9. The number of nitrogens with one attached hydrogen (secondary N) is 1. The number of carbonyl (C=O) groups is 1. The van der Waals surface area contributed by atoms with E-state index in [1.54, 1.807) is 24.3 Å². The zero-order valence-corrected chi connectivity index (χ0v) is 19.2. The summed E-state index contributed by atoms with van der Waals surface area (Å²) in [5.74, 6) is 0.906. The Morgan fingerprint density at radius 1 is 1.00 bits per heavy atom. The van der Waals surface area contributed by atoms with Crippen LogP contribution in [0.5, 0.6) is 5.75 Å². The van der Waals surface area contributed by atoms with Gasteiger partial charge in [-0.2, -0.15) is 0 Å². The van der Waals surface area contributed by atoms with Crippen molar-refractivity contribution in [1.29, 1.82) is 0 Å². The third kappa shape index (κ3) is 6.61. The molecule has 3 aromatic rings. The molecule has 5 heteroatoms. The van der Waals surface area contributed by atoms with Crippen LogP contribution in [0.15, 0.2) is 77.3 Å². The number of hydrogen-bond donors (Lipinski definition) is 1. The van der Waals surface area contributed by atoms with Gasteiger partial charge in [0.15, 0.2) is 5.78 Å². The molecule has 0 fully saturated rings. The van der Waals surface area contributed by atoms with Crippen molar-refractivity contribution in [2.24, 2.45) is 0 Å². The van der Waals surface area contributed by atoms with Crippen LogP contribution in [0.3, 0.4) is 0 Å². The molecule has 1 atom stereocenters. The summed E-state index contributed by atoms with van der Waals surface area (Å²) in [5.41, 5.74) is 2.64. The predicted molar refractivity (Wildman–Crippen MR) is 128 cm³/mol. The maximum absolute atomic E-state index is 12.9. The molecule has 3 rings (SSSR count). The summed E-state index contributed by atoms with van der Waals surface area (Å²) in [7, 11) is 0. The van der Waals surface area contributed by atoms with Gasteiger partial charge >= 0.3 is 0 Å². The lowest BCUT2D eigenvalue weighted by Gasteiger charge is -2.21. The first-order valence-electron chi connectivity index (χ1n) is 10.1. The Hall–Kier alpha value is -2.30. The minimum Gasteiger partial charge on any atom is -0.494 e. The van der Waals surface area contributed by atoms with Gasteiger partial charge in [-0.25, -0.2) is 0 Å². The first kappa shape index (κ1) is 22.4. The van der Waals surface area contributed by atoms with Crippen molar-refractivity contribution in [3.8, 4) is 5.75 Å². The Bertz CT molecular complexity index is 940. The van der Waals surface area contributed by atoms with E-state index < -0.39 is 0 Å². The minimum atomic E-state index is -0.168. The fourth-order valence-electron chi connectivity index (χ4n) is 3.07. The van der Waals surface area contributed by atoms with Crippen LogP contribution in [0.4, 0.5) is 5.69 Å². The Morgan fingerprint density at radius 2 is 1.67 bits per heavy atom. The normalized spacial score (nSPS) is 11.7. The number of anilines is 1. The van der Waals surface area contributed by atoms with Crippen LogP contribution in [0.2, 0.25) is 5.02 Å². The monoisotopic (exact) mass is 485 g/mol. The number of hydrogen-bond acceptors (Lipinski definition) is 3. The SMILES string of the molecule is CCCCOc1ccc([C@@H](CC(=O)c2ccc(Cl)cc2)Nc2ccc(Br)cc2)cc1. The average molecular weight is 487 g/mol. The lowest BCUT2D eigenvalue weighted by atomic mass is 9.97. The van der Waals surface area contributed by atoms with Gasteiger partial charge in [0.2, 0.25) is 0 Å². The first-order chi connectivity index (χ1) is 14.5. The largest absolute Gasteiger partial charge is 0.494 e. The number of ketones is 1. The van der Waals surface area contributed by atoms with Crippen molar-refractivity contribution >= 4 is 39.0 Å². The number of benzene rings is 3. The van der Waals surface area contributed by atoms with Gasteiger partial charge in [0.25, 0.3) is 0 Å². The third-order valence-corrected chi connectivity index (χ3v) is 5.57. The zero-order chi connectivity index (χ0) is 21.3. The Kier molecular flexibility index (Phi) is 8.35. The second-order valence-corrected chi connectivity index (χ2v) is 8.46. The molecule has 0 heterocycles. The first-order valence-corrected chi connectivity index (χ1v) is 11.3. The number of unbranched alkanes of at least 4 members (excludes halogenated alkanes) is 1. The molecule has 3 aromatic carbocycles. The van der Waals surface area contributed by atoms with Crippen molar-refractivity contribution in [2.45, 2.75) is 32.2 Å². The highest BCUT2D eigenvalue weighted by Crippen LogP contribution is 2.27. The number of carbonyl (C=O) groups excluding carboxylic acids is 1. The highest BCUT2D eigenvalue weighted by atomic mass is 79.9. The van der Waals surface area contributed by atoms with Crippen molar-refractivity contribution < 1.29 is 9.53 Å². The van der Waals surface area contributed by atoms with Gasteiger partial charge in [-0.15, -0.1) is 0 Å². The molecule has 0 aromatic heterocycles. The second-order valence-electron chi connectivity index (χ2n) is 7.11. The van der Waals surface area contributed by atoms with Gasteiger partial charge in [0.1, 0.15) is 5.75 Å². The van der Waals surface area contributed by atoms with Crippen molar-refractivity contribution in [2.75, 3.05) is 11.9 Å². The standard InChI is InChI=1S/C25H25BrClNO2/c1-2-3-16-30-23-14-6-18(7-15-23)24(28-22-12-8-20(26)9-13-22)17-25(29)19-4-10-21(27)11-5-19/h4-15,24,28H,2-3,16-17H2,1H3/t24-/m1/s1. The van der Waals surface area contributed by atoms with E-state index in [9.17, 15) is 4.79 Å². The molecule has 0 saturated heterocycles. The zero-order valence-electron chi connectivity index (χ0n) is 16.9. The van der Waals surface area contributed by atoms with E-state index >= 15 is 0 Å². The van der Waals surface area contributed by atoms with Gasteiger partial charge in [-0.1, -0.05) is 53.0 Å².